The summed E-state index contributed by atoms with van der Waals surface area (Å²) < 4.78 is 10.6. The minimum atomic E-state index is -0.435. The molecular formula is C16H13NO4. The lowest BCUT2D eigenvalue weighted by Crippen LogP contribution is -2.25. The molecule has 0 aromatic heterocycles. The standard InChI is InChI=1S/C16H13NO4/c1-10-2-4-11(5-3-10)16(19)21-12-6-7-13-14(8-12)20-9-15(18)17-13/h2-8H,9H2,1H3,(H,17,18). The minimum Gasteiger partial charge on any atom is -0.481 e. The van der Waals surface area contributed by atoms with Crippen LogP contribution in [0, 0.1) is 6.92 Å². The summed E-state index contributed by atoms with van der Waals surface area (Å²) in [6.07, 6.45) is 0. The zero-order valence-corrected chi connectivity index (χ0v) is 11.4. The molecule has 0 saturated carbocycles. The van der Waals surface area contributed by atoms with E-state index in [4.69, 9.17) is 9.47 Å². The molecule has 0 atom stereocenters. The summed E-state index contributed by atoms with van der Waals surface area (Å²) in [5.74, 6) is 0.223. The van der Waals surface area contributed by atoms with Gasteiger partial charge in [-0.05, 0) is 31.2 Å². The van der Waals surface area contributed by atoms with Crippen LogP contribution in [-0.2, 0) is 4.79 Å². The van der Waals surface area contributed by atoms with Crippen molar-refractivity contribution in [3.8, 4) is 11.5 Å². The van der Waals surface area contributed by atoms with Crippen LogP contribution in [-0.4, -0.2) is 18.5 Å². The summed E-state index contributed by atoms with van der Waals surface area (Å²) in [5.41, 5.74) is 2.12. The Kier molecular flexibility index (Phi) is 3.31. The van der Waals surface area contributed by atoms with Crippen LogP contribution in [0.4, 0.5) is 5.69 Å². The summed E-state index contributed by atoms with van der Waals surface area (Å²) in [6, 6.07) is 12.0. The number of hydrogen-bond acceptors (Lipinski definition) is 4. The van der Waals surface area contributed by atoms with Gasteiger partial charge in [-0.3, -0.25) is 4.79 Å². The molecule has 1 heterocycles. The molecule has 106 valence electrons. The number of esters is 1. The number of carbonyl (C=O) groups excluding carboxylic acids is 2. The average Bonchev–Trinajstić information content (AvgIpc) is 2.48. The predicted molar refractivity (Wildman–Crippen MR) is 76.7 cm³/mol. The molecule has 1 aliphatic rings. The zero-order chi connectivity index (χ0) is 14.8. The normalized spacial score (nSPS) is 12.9. The van der Waals surface area contributed by atoms with Gasteiger partial charge in [0.25, 0.3) is 5.91 Å². The van der Waals surface area contributed by atoms with Gasteiger partial charge < -0.3 is 14.8 Å². The molecule has 0 bridgehead atoms. The number of ether oxygens (including phenoxy) is 2. The fourth-order valence-corrected chi connectivity index (χ4v) is 1.97. The van der Waals surface area contributed by atoms with Gasteiger partial charge in [-0.2, -0.15) is 0 Å². The van der Waals surface area contributed by atoms with Gasteiger partial charge in [0.1, 0.15) is 11.5 Å². The van der Waals surface area contributed by atoms with Crippen molar-refractivity contribution in [3.63, 3.8) is 0 Å². The van der Waals surface area contributed by atoms with Gasteiger partial charge in [-0.25, -0.2) is 4.79 Å². The molecule has 0 aliphatic carbocycles. The number of fused-ring (bicyclic) bond motifs is 1. The maximum absolute atomic E-state index is 12.0. The first-order valence-electron chi connectivity index (χ1n) is 6.47. The number of carbonyl (C=O) groups is 2. The van der Waals surface area contributed by atoms with Crippen molar-refractivity contribution >= 4 is 17.6 Å². The second-order valence-electron chi connectivity index (χ2n) is 4.75. The van der Waals surface area contributed by atoms with Crippen LogP contribution >= 0.6 is 0 Å². The van der Waals surface area contributed by atoms with Crippen molar-refractivity contribution in [1.29, 1.82) is 0 Å². The van der Waals surface area contributed by atoms with Crippen molar-refractivity contribution in [2.75, 3.05) is 11.9 Å². The number of benzene rings is 2. The first-order valence-corrected chi connectivity index (χ1v) is 6.47. The van der Waals surface area contributed by atoms with E-state index in [1.165, 1.54) is 0 Å². The second kappa shape index (κ2) is 5.28. The fraction of sp³-hybridized carbons (Fsp3) is 0.125. The number of hydrogen-bond donors (Lipinski definition) is 1. The monoisotopic (exact) mass is 283 g/mol. The van der Waals surface area contributed by atoms with Gasteiger partial charge in [-0.15, -0.1) is 0 Å². The van der Waals surface area contributed by atoms with Crippen LogP contribution in [0.15, 0.2) is 42.5 Å². The molecule has 0 unspecified atom stereocenters. The summed E-state index contributed by atoms with van der Waals surface area (Å²) in [6.45, 7) is 1.91. The quantitative estimate of drug-likeness (QED) is 0.679. The van der Waals surface area contributed by atoms with E-state index in [0.717, 1.165) is 5.56 Å². The summed E-state index contributed by atoms with van der Waals surface area (Å²) in [4.78, 5) is 23.2. The molecule has 2 aromatic carbocycles. The van der Waals surface area contributed by atoms with Crippen molar-refractivity contribution in [2.45, 2.75) is 6.92 Å². The molecule has 2 aromatic rings. The first kappa shape index (κ1) is 13.2. The Balaban J connectivity index is 1.77. The summed E-state index contributed by atoms with van der Waals surface area (Å²) in [5, 5.41) is 2.67. The maximum atomic E-state index is 12.0. The van der Waals surface area contributed by atoms with Crippen LogP contribution < -0.4 is 14.8 Å². The van der Waals surface area contributed by atoms with Gasteiger partial charge in [0.2, 0.25) is 0 Å². The van der Waals surface area contributed by atoms with Crippen molar-refractivity contribution in [1.82, 2.24) is 0 Å². The van der Waals surface area contributed by atoms with Crippen LogP contribution in [0.25, 0.3) is 0 Å². The molecule has 0 fully saturated rings. The molecule has 1 N–H and O–H groups in total. The second-order valence-corrected chi connectivity index (χ2v) is 4.75. The number of rotatable bonds is 2. The third-order valence-electron chi connectivity index (χ3n) is 3.08. The van der Waals surface area contributed by atoms with Crippen LogP contribution in [0.2, 0.25) is 0 Å². The van der Waals surface area contributed by atoms with Gasteiger partial charge in [-0.1, -0.05) is 17.7 Å². The molecular weight excluding hydrogens is 270 g/mol. The third-order valence-corrected chi connectivity index (χ3v) is 3.08. The lowest BCUT2D eigenvalue weighted by Gasteiger charge is -2.18. The van der Waals surface area contributed by atoms with E-state index in [-0.39, 0.29) is 12.5 Å². The molecule has 5 nitrogen and oxygen atoms in total. The minimum absolute atomic E-state index is 0.0393. The van der Waals surface area contributed by atoms with E-state index in [2.05, 4.69) is 5.32 Å². The highest BCUT2D eigenvalue weighted by molar-refractivity contribution is 5.96. The third kappa shape index (κ3) is 2.86. The van der Waals surface area contributed by atoms with E-state index in [9.17, 15) is 9.59 Å². The Labute approximate surface area is 121 Å². The smallest absolute Gasteiger partial charge is 0.343 e. The van der Waals surface area contributed by atoms with Crippen LogP contribution in [0.3, 0.4) is 0 Å². The number of anilines is 1. The predicted octanol–water partition coefficient (Wildman–Crippen LogP) is 2.55. The lowest BCUT2D eigenvalue weighted by molar-refractivity contribution is -0.118. The number of nitrogens with one attached hydrogen (secondary N) is 1. The largest absolute Gasteiger partial charge is 0.481 e. The van der Waals surface area contributed by atoms with E-state index < -0.39 is 5.97 Å². The van der Waals surface area contributed by atoms with Gasteiger partial charge in [0.15, 0.2) is 6.61 Å². The molecule has 0 saturated heterocycles. The van der Waals surface area contributed by atoms with E-state index in [1.807, 2.05) is 19.1 Å². The molecule has 1 amide bonds. The van der Waals surface area contributed by atoms with Crippen molar-refractivity contribution in [3.05, 3.63) is 53.6 Å². The molecule has 1 aliphatic heterocycles. The topological polar surface area (TPSA) is 64.6 Å². The Hall–Kier alpha value is -2.82. The fourth-order valence-electron chi connectivity index (χ4n) is 1.97. The molecule has 21 heavy (non-hydrogen) atoms. The Bertz CT molecular complexity index is 707. The summed E-state index contributed by atoms with van der Waals surface area (Å²) >= 11 is 0. The van der Waals surface area contributed by atoms with E-state index in [1.54, 1.807) is 30.3 Å². The first-order chi connectivity index (χ1) is 10.1. The highest BCUT2D eigenvalue weighted by Crippen LogP contribution is 2.31. The maximum Gasteiger partial charge on any atom is 0.343 e. The molecule has 0 radical (unpaired) electrons. The molecule has 3 rings (SSSR count). The number of amides is 1. The Morgan fingerprint density at radius 2 is 1.95 bits per heavy atom. The van der Waals surface area contributed by atoms with Crippen LogP contribution in [0.1, 0.15) is 15.9 Å². The number of aryl methyl sites for hydroxylation is 1. The van der Waals surface area contributed by atoms with Crippen LogP contribution in [0.5, 0.6) is 11.5 Å². The van der Waals surface area contributed by atoms with Crippen molar-refractivity contribution in [2.24, 2.45) is 0 Å². The van der Waals surface area contributed by atoms with Gasteiger partial charge in [0.05, 0.1) is 11.3 Å². The Morgan fingerprint density at radius 1 is 1.19 bits per heavy atom. The van der Waals surface area contributed by atoms with Gasteiger partial charge in [0, 0.05) is 6.07 Å². The van der Waals surface area contributed by atoms with E-state index >= 15 is 0 Å². The SMILES string of the molecule is Cc1ccc(C(=O)Oc2ccc3c(c2)OCC(=O)N3)cc1. The molecule has 5 heteroatoms. The van der Waals surface area contributed by atoms with Gasteiger partial charge >= 0.3 is 5.97 Å². The van der Waals surface area contributed by atoms with E-state index in [0.29, 0.717) is 22.7 Å². The lowest BCUT2D eigenvalue weighted by atomic mass is 10.1. The average molecular weight is 283 g/mol. The van der Waals surface area contributed by atoms with Crippen molar-refractivity contribution < 1.29 is 19.1 Å². The highest BCUT2D eigenvalue weighted by atomic mass is 16.5. The highest BCUT2D eigenvalue weighted by Gasteiger charge is 2.17. The zero-order valence-electron chi connectivity index (χ0n) is 11.4. The summed E-state index contributed by atoms with van der Waals surface area (Å²) in [7, 11) is 0. The Morgan fingerprint density at radius 3 is 2.71 bits per heavy atom. The molecule has 0 spiro atoms.